The Bertz CT molecular complexity index is 1270. The van der Waals surface area contributed by atoms with Gasteiger partial charge in [-0.05, 0) is 39.3 Å². The summed E-state index contributed by atoms with van der Waals surface area (Å²) in [4.78, 5) is 39.7. The normalized spacial score (nSPS) is 25.5. The molecule has 1 aromatic heterocycles. The number of fused-ring (bicyclic) bond motifs is 4. The van der Waals surface area contributed by atoms with Crippen LogP contribution in [0.15, 0.2) is 11.2 Å². The number of hydrogen-bond acceptors (Lipinski definition) is 8. The number of barbiturate groups is 1. The lowest BCUT2D eigenvalue weighted by Crippen LogP contribution is -2.75. The molecule has 1 aromatic carbocycles. The van der Waals surface area contributed by atoms with Gasteiger partial charge in [0.15, 0.2) is 28.7 Å². The summed E-state index contributed by atoms with van der Waals surface area (Å²) in [6, 6.07) is -0.528. The Morgan fingerprint density at radius 2 is 1.74 bits per heavy atom. The van der Waals surface area contributed by atoms with Crippen LogP contribution in [0, 0.1) is 30.9 Å². The van der Waals surface area contributed by atoms with E-state index in [0.29, 0.717) is 11.6 Å². The number of ether oxygens (including phenoxy) is 1. The first-order chi connectivity index (χ1) is 16.5. The molecule has 184 valence electrons. The van der Waals surface area contributed by atoms with E-state index in [4.69, 9.17) is 4.74 Å². The van der Waals surface area contributed by atoms with Crippen molar-refractivity contribution in [2.24, 2.45) is 10.5 Å². The van der Waals surface area contributed by atoms with Gasteiger partial charge in [-0.25, -0.2) is 18.3 Å². The predicted molar refractivity (Wildman–Crippen MR) is 118 cm³/mol. The maximum atomic E-state index is 15.6. The molecule has 0 bridgehead atoms. The Morgan fingerprint density at radius 1 is 1.11 bits per heavy atom. The lowest BCUT2D eigenvalue weighted by Gasteiger charge is -2.55. The van der Waals surface area contributed by atoms with Crippen LogP contribution in [0.4, 0.5) is 19.3 Å². The van der Waals surface area contributed by atoms with Crippen molar-refractivity contribution in [1.29, 1.82) is 0 Å². The Morgan fingerprint density at radius 3 is 2.37 bits per heavy atom. The Labute approximate surface area is 198 Å². The number of anilines is 1. The number of halogens is 2. The Hall–Kier alpha value is -3.74. The number of aromatic nitrogens is 3. The van der Waals surface area contributed by atoms with E-state index in [9.17, 15) is 14.4 Å². The first-order valence-corrected chi connectivity index (χ1v) is 11.1. The average Bonchev–Trinajstić information content (AvgIpc) is 3.10. The summed E-state index contributed by atoms with van der Waals surface area (Å²) in [6.07, 6.45) is -0.209. The molecule has 0 saturated carbocycles. The van der Waals surface area contributed by atoms with Gasteiger partial charge in [0.2, 0.25) is 11.8 Å². The summed E-state index contributed by atoms with van der Waals surface area (Å²) in [5.74, 6) is -2.95. The van der Waals surface area contributed by atoms with E-state index in [1.165, 1.54) is 15.6 Å². The van der Waals surface area contributed by atoms with Gasteiger partial charge in [0, 0.05) is 18.5 Å². The minimum absolute atomic E-state index is 0.0357. The van der Waals surface area contributed by atoms with Gasteiger partial charge in [-0.2, -0.15) is 5.10 Å². The fraction of sp³-hybridized carbons (Fsp3) is 0.455. The lowest BCUT2D eigenvalue weighted by atomic mass is 9.66. The molecule has 4 heterocycles. The van der Waals surface area contributed by atoms with Crippen molar-refractivity contribution in [3.8, 4) is 0 Å². The fourth-order valence-corrected chi connectivity index (χ4v) is 5.40. The molecular formula is C22H23F2N7O4. The minimum Gasteiger partial charge on any atom is -0.372 e. The third kappa shape index (κ3) is 3.32. The molecule has 2 N–H and O–H groups in total. The maximum absolute atomic E-state index is 15.6. The van der Waals surface area contributed by atoms with E-state index in [0.717, 1.165) is 6.21 Å². The number of nitrogens with one attached hydrogen (secondary N) is 2. The van der Waals surface area contributed by atoms with E-state index >= 15 is 8.78 Å². The van der Waals surface area contributed by atoms with E-state index in [1.807, 2.05) is 0 Å². The molecule has 2 aromatic rings. The fourth-order valence-electron chi connectivity index (χ4n) is 5.40. The number of rotatable bonds is 2. The van der Waals surface area contributed by atoms with Gasteiger partial charge in [-0.15, -0.1) is 10.2 Å². The van der Waals surface area contributed by atoms with Crippen LogP contribution in [0.3, 0.4) is 0 Å². The quantitative estimate of drug-likeness (QED) is 0.476. The van der Waals surface area contributed by atoms with Crippen LogP contribution in [0.5, 0.6) is 0 Å². The second-order valence-corrected chi connectivity index (χ2v) is 9.09. The van der Waals surface area contributed by atoms with Gasteiger partial charge >= 0.3 is 6.03 Å². The maximum Gasteiger partial charge on any atom is 0.328 e. The summed E-state index contributed by atoms with van der Waals surface area (Å²) >= 11 is 0. The summed E-state index contributed by atoms with van der Waals surface area (Å²) < 4.78 is 38.1. The smallest absolute Gasteiger partial charge is 0.328 e. The van der Waals surface area contributed by atoms with Gasteiger partial charge in [0.05, 0.1) is 30.2 Å². The molecule has 0 unspecified atom stereocenters. The molecule has 2 saturated heterocycles. The number of hydrogen-bond donors (Lipinski definition) is 2. The van der Waals surface area contributed by atoms with Crippen molar-refractivity contribution in [3.63, 3.8) is 0 Å². The number of nitrogens with zero attached hydrogens (tertiary/aromatic N) is 5. The third-order valence-electron chi connectivity index (χ3n) is 6.76. The monoisotopic (exact) mass is 487 g/mol. The first kappa shape index (κ1) is 23.0. The summed E-state index contributed by atoms with van der Waals surface area (Å²) in [5, 5.41) is 16.2. The van der Waals surface area contributed by atoms with Gasteiger partial charge < -0.3 is 9.64 Å². The van der Waals surface area contributed by atoms with Crippen molar-refractivity contribution in [1.82, 2.24) is 25.5 Å². The highest BCUT2D eigenvalue weighted by Crippen LogP contribution is 2.48. The number of aryl methyl sites for hydroxylation is 2. The second kappa shape index (κ2) is 7.90. The Balaban J connectivity index is 1.68. The van der Waals surface area contributed by atoms with Crippen LogP contribution in [-0.2, 0) is 20.7 Å². The number of imide groups is 2. The van der Waals surface area contributed by atoms with Crippen LogP contribution < -0.4 is 15.5 Å². The van der Waals surface area contributed by atoms with E-state index < -0.39 is 47.0 Å². The van der Waals surface area contributed by atoms with Crippen LogP contribution in [0.2, 0.25) is 0 Å². The van der Waals surface area contributed by atoms with Crippen LogP contribution in [0.25, 0.3) is 0 Å². The standard InChI is InChI=1S/C22H23F2N7O4/c1-9-8-30-17-13(5-14(15(23)16(17)24)7-25-31-11(3)28-29-12(31)4)6-22(18(30)10(2)35-9)19(32)26-21(34)27-20(22)33/h5,7,9-10,18H,6,8H2,1-4H3,(H2,26,27,32,33,34)/b25-7+/t9-,10+,18-/m1/s1. The van der Waals surface area contributed by atoms with E-state index in [1.54, 1.807) is 27.7 Å². The highest BCUT2D eigenvalue weighted by Gasteiger charge is 2.63. The number of carbonyl (C=O) groups is 3. The van der Waals surface area contributed by atoms with Gasteiger partial charge in [0.25, 0.3) is 0 Å². The summed E-state index contributed by atoms with van der Waals surface area (Å²) in [5.41, 5.74) is -1.77. The first-order valence-electron chi connectivity index (χ1n) is 11.1. The molecule has 3 aliphatic rings. The van der Waals surface area contributed by atoms with Crippen molar-refractivity contribution in [2.45, 2.75) is 52.4 Å². The highest BCUT2D eigenvalue weighted by atomic mass is 19.2. The minimum atomic E-state index is -1.79. The molecule has 4 amide bonds. The summed E-state index contributed by atoms with van der Waals surface area (Å²) in [6.45, 7) is 6.86. The zero-order valence-corrected chi connectivity index (χ0v) is 19.4. The topological polar surface area (TPSA) is 131 Å². The molecule has 11 nitrogen and oxygen atoms in total. The largest absolute Gasteiger partial charge is 0.372 e. The lowest BCUT2D eigenvalue weighted by molar-refractivity contribution is -0.153. The molecular weight excluding hydrogens is 464 g/mol. The molecule has 1 spiro atoms. The van der Waals surface area contributed by atoms with E-state index in [-0.39, 0.29) is 35.9 Å². The Kier molecular flexibility index (Phi) is 5.20. The number of amides is 4. The van der Waals surface area contributed by atoms with Crippen LogP contribution in [0.1, 0.15) is 36.6 Å². The number of benzene rings is 1. The predicted octanol–water partition coefficient (Wildman–Crippen LogP) is 0.946. The van der Waals surface area contributed by atoms with Crippen molar-refractivity contribution in [2.75, 3.05) is 11.4 Å². The van der Waals surface area contributed by atoms with Crippen molar-refractivity contribution in [3.05, 3.63) is 40.5 Å². The van der Waals surface area contributed by atoms with Gasteiger partial charge in [0.1, 0.15) is 0 Å². The molecule has 3 aliphatic heterocycles. The van der Waals surface area contributed by atoms with E-state index in [2.05, 4.69) is 25.9 Å². The number of urea groups is 1. The van der Waals surface area contributed by atoms with Gasteiger partial charge in [-0.1, -0.05) is 0 Å². The number of carbonyl (C=O) groups excluding carboxylic acids is 3. The zero-order valence-electron chi connectivity index (χ0n) is 19.4. The zero-order chi connectivity index (χ0) is 25.2. The molecule has 2 fully saturated rings. The van der Waals surface area contributed by atoms with Gasteiger partial charge in [-0.3, -0.25) is 20.2 Å². The molecule has 3 atom stereocenters. The molecule has 35 heavy (non-hydrogen) atoms. The number of morpholine rings is 1. The van der Waals surface area contributed by atoms with Crippen LogP contribution in [-0.4, -0.2) is 63.7 Å². The molecule has 0 radical (unpaired) electrons. The SMILES string of the molecule is Cc1nnc(C)n1/N=C/c1cc2c(c(F)c1F)N1C[C@@H](C)O[C@@H](C)[C@@H]1C1(C2)C(=O)NC(=O)NC1=O. The summed E-state index contributed by atoms with van der Waals surface area (Å²) in [7, 11) is 0. The third-order valence-corrected chi connectivity index (χ3v) is 6.76. The average molecular weight is 487 g/mol. The van der Waals surface area contributed by atoms with Crippen molar-refractivity contribution >= 4 is 29.7 Å². The molecule has 5 rings (SSSR count). The van der Waals surface area contributed by atoms with Crippen LogP contribution >= 0.6 is 0 Å². The molecule has 0 aliphatic carbocycles. The van der Waals surface area contributed by atoms with Crippen molar-refractivity contribution < 1.29 is 27.9 Å². The second-order valence-electron chi connectivity index (χ2n) is 9.09. The highest BCUT2D eigenvalue weighted by molar-refractivity contribution is 6.20. The molecule has 13 heteroatoms.